The zero-order valence-corrected chi connectivity index (χ0v) is 16.5. The van der Waals surface area contributed by atoms with E-state index in [9.17, 15) is 9.59 Å². The molecule has 1 aliphatic rings. The fraction of sp³-hybridized carbons (Fsp3) is 0.471. The van der Waals surface area contributed by atoms with Gasteiger partial charge in [-0.2, -0.15) is 0 Å². The van der Waals surface area contributed by atoms with Crippen molar-refractivity contribution in [3.63, 3.8) is 0 Å². The van der Waals surface area contributed by atoms with Gasteiger partial charge in [-0.15, -0.1) is 12.4 Å². The smallest absolute Gasteiger partial charge is 0.261 e. The van der Waals surface area contributed by atoms with Gasteiger partial charge in [0.25, 0.3) is 5.56 Å². The van der Waals surface area contributed by atoms with Crippen molar-refractivity contribution in [3.8, 4) is 0 Å². The predicted octanol–water partition coefficient (Wildman–Crippen LogP) is 2.04. The first-order valence-corrected chi connectivity index (χ1v) is 8.95. The van der Waals surface area contributed by atoms with E-state index in [1.165, 1.54) is 10.9 Å². The van der Waals surface area contributed by atoms with E-state index in [1.54, 1.807) is 12.1 Å². The van der Waals surface area contributed by atoms with Crippen LogP contribution >= 0.6 is 28.3 Å². The van der Waals surface area contributed by atoms with Gasteiger partial charge in [-0.3, -0.25) is 14.2 Å². The first-order valence-electron chi connectivity index (χ1n) is 8.15. The first-order chi connectivity index (χ1) is 11.6. The molecule has 8 heteroatoms. The number of halogens is 2. The Labute approximate surface area is 161 Å². The number of hydrogen-bond acceptors (Lipinski definition) is 4. The SMILES string of the molecule is CNCC1CCCN(C(=O)Cn2cnc3ccc(Br)cc3c2=O)C1.Cl. The summed E-state index contributed by atoms with van der Waals surface area (Å²) in [4.78, 5) is 31.3. The second-order valence-corrected chi connectivity index (χ2v) is 7.16. The van der Waals surface area contributed by atoms with Gasteiger partial charge in [0.2, 0.25) is 5.91 Å². The molecule has 6 nitrogen and oxygen atoms in total. The number of rotatable bonds is 4. The van der Waals surface area contributed by atoms with Crippen molar-refractivity contribution in [1.82, 2.24) is 19.8 Å². The largest absolute Gasteiger partial charge is 0.341 e. The number of carbonyl (C=O) groups excluding carboxylic acids is 1. The summed E-state index contributed by atoms with van der Waals surface area (Å²) in [5, 5.41) is 3.69. The average Bonchev–Trinajstić information content (AvgIpc) is 2.58. The van der Waals surface area contributed by atoms with Gasteiger partial charge in [-0.1, -0.05) is 15.9 Å². The number of aromatic nitrogens is 2. The minimum absolute atomic E-state index is 0. The molecule has 1 aliphatic heterocycles. The van der Waals surface area contributed by atoms with E-state index >= 15 is 0 Å². The third-order valence-corrected chi connectivity index (χ3v) is 4.95. The van der Waals surface area contributed by atoms with E-state index in [2.05, 4.69) is 26.2 Å². The molecule has 0 saturated carbocycles. The molecule has 0 radical (unpaired) electrons. The molecular formula is C17H22BrClN4O2. The van der Waals surface area contributed by atoms with E-state index in [1.807, 2.05) is 18.0 Å². The molecule has 0 spiro atoms. The molecule has 1 unspecified atom stereocenters. The summed E-state index contributed by atoms with van der Waals surface area (Å²) in [6.07, 6.45) is 3.61. The van der Waals surface area contributed by atoms with Gasteiger partial charge in [0.05, 0.1) is 17.2 Å². The standard InChI is InChI=1S/C17H21BrN4O2.ClH/c1-19-8-12-3-2-6-21(9-12)16(23)10-22-11-20-15-5-4-13(18)7-14(15)17(22)24;/h4-5,7,11-12,19H,2-3,6,8-10H2,1H3;1H. The molecule has 1 aromatic heterocycles. The molecule has 1 saturated heterocycles. The van der Waals surface area contributed by atoms with E-state index < -0.39 is 0 Å². The molecule has 1 amide bonds. The molecule has 1 atom stereocenters. The number of piperidine rings is 1. The zero-order chi connectivity index (χ0) is 17.1. The maximum absolute atomic E-state index is 12.6. The molecule has 3 rings (SSSR count). The Hall–Kier alpha value is -1.44. The van der Waals surface area contributed by atoms with Crippen molar-refractivity contribution < 1.29 is 4.79 Å². The Morgan fingerprint density at radius 1 is 1.44 bits per heavy atom. The Balaban J connectivity index is 0.00000225. The molecule has 0 bridgehead atoms. The van der Waals surface area contributed by atoms with Crippen molar-refractivity contribution in [2.75, 3.05) is 26.7 Å². The molecule has 1 N–H and O–H groups in total. The van der Waals surface area contributed by atoms with Gasteiger partial charge in [0, 0.05) is 17.6 Å². The number of carbonyl (C=O) groups is 1. The van der Waals surface area contributed by atoms with E-state index in [0.717, 1.165) is 36.9 Å². The van der Waals surface area contributed by atoms with Crippen LogP contribution in [0.25, 0.3) is 10.9 Å². The Bertz CT molecular complexity index is 809. The molecule has 136 valence electrons. The minimum atomic E-state index is -0.182. The van der Waals surface area contributed by atoms with Crippen LogP contribution in [0, 0.1) is 5.92 Å². The summed E-state index contributed by atoms with van der Waals surface area (Å²) in [5.41, 5.74) is 0.456. The highest BCUT2D eigenvalue weighted by Crippen LogP contribution is 2.17. The number of hydrogen-bond donors (Lipinski definition) is 1. The molecular weight excluding hydrogens is 408 g/mol. The second kappa shape index (κ2) is 8.78. The second-order valence-electron chi connectivity index (χ2n) is 6.24. The summed E-state index contributed by atoms with van der Waals surface area (Å²) < 4.78 is 2.22. The van der Waals surface area contributed by atoms with Crippen LogP contribution in [0.1, 0.15) is 12.8 Å². The lowest BCUT2D eigenvalue weighted by Gasteiger charge is -2.32. The highest BCUT2D eigenvalue weighted by Gasteiger charge is 2.23. The number of benzene rings is 1. The number of fused-ring (bicyclic) bond motifs is 1. The van der Waals surface area contributed by atoms with E-state index in [-0.39, 0.29) is 30.4 Å². The first kappa shape index (κ1) is 19.9. The third-order valence-electron chi connectivity index (χ3n) is 4.46. The van der Waals surface area contributed by atoms with E-state index in [4.69, 9.17) is 0 Å². The minimum Gasteiger partial charge on any atom is -0.341 e. The normalized spacial score (nSPS) is 17.4. The topological polar surface area (TPSA) is 67.2 Å². The monoisotopic (exact) mass is 428 g/mol. The summed E-state index contributed by atoms with van der Waals surface area (Å²) in [6, 6.07) is 5.38. The third kappa shape index (κ3) is 4.59. The maximum atomic E-state index is 12.6. The van der Waals surface area contributed by atoms with Gasteiger partial charge < -0.3 is 10.2 Å². The Morgan fingerprint density at radius 3 is 3.00 bits per heavy atom. The van der Waals surface area contributed by atoms with Crippen LogP contribution in [0.3, 0.4) is 0 Å². The lowest BCUT2D eigenvalue weighted by atomic mass is 9.98. The Morgan fingerprint density at radius 2 is 2.24 bits per heavy atom. The van der Waals surface area contributed by atoms with Crippen molar-refractivity contribution >= 4 is 45.1 Å². The average molecular weight is 430 g/mol. The molecule has 1 aromatic carbocycles. The van der Waals surface area contributed by atoms with Crippen LogP contribution in [0.4, 0.5) is 0 Å². The zero-order valence-electron chi connectivity index (χ0n) is 14.1. The summed E-state index contributed by atoms with van der Waals surface area (Å²) in [5.74, 6) is 0.462. The fourth-order valence-electron chi connectivity index (χ4n) is 3.24. The predicted molar refractivity (Wildman–Crippen MR) is 104 cm³/mol. The maximum Gasteiger partial charge on any atom is 0.261 e. The molecule has 0 aliphatic carbocycles. The molecule has 25 heavy (non-hydrogen) atoms. The van der Waals surface area contributed by atoms with Gasteiger partial charge in [-0.25, -0.2) is 4.98 Å². The molecule has 2 aromatic rings. The van der Waals surface area contributed by atoms with Gasteiger partial charge >= 0.3 is 0 Å². The van der Waals surface area contributed by atoms with Crippen LogP contribution in [0.2, 0.25) is 0 Å². The molecule has 2 heterocycles. The van der Waals surface area contributed by atoms with Crippen molar-refractivity contribution in [1.29, 1.82) is 0 Å². The quantitative estimate of drug-likeness (QED) is 0.808. The summed E-state index contributed by atoms with van der Waals surface area (Å²) in [7, 11) is 1.93. The van der Waals surface area contributed by atoms with Crippen LogP contribution in [0.5, 0.6) is 0 Å². The highest BCUT2D eigenvalue weighted by molar-refractivity contribution is 9.10. The fourth-order valence-corrected chi connectivity index (χ4v) is 3.60. The van der Waals surface area contributed by atoms with Crippen LogP contribution < -0.4 is 10.9 Å². The van der Waals surface area contributed by atoms with Crippen LogP contribution in [-0.4, -0.2) is 47.0 Å². The van der Waals surface area contributed by atoms with Crippen LogP contribution in [0.15, 0.2) is 33.8 Å². The van der Waals surface area contributed by atoms with E-state index in [0.29, 0.717) is 16.8 Å². The lowest BCUT2D eigenvalue weighted by Crippen LogP contribution is -2.44. The summed E-state index contributed by atoms with van der Waals surface area (Å²) >= 11 is 3.37. The lowest BCUT2D eigenvalue weighted by molar-refractivity contribution is -0.133. The van der Waals surface area contributed by atoms with Gasteiger partial charge in [0.15, 0.2) is 0 Å². The van der Waals surface area contributed by atoms with Crippen molar-refractivity contribution in [3.05, 3.63) is 39.4 Å². The number of nitrogens with one attached hydrogen (secondary N) is 1. The number of amides is 1. The van der Waals surface area contributed by atoms with Gasteiger partial charge in [-0.05, 0) is 50.6 Å². The van der Waals surface area contributed by atoms with Gasteiger partial charge in [0.1, 0.15) is 6.54 Å². The van der Waals surface area contributed by atoms with Crippen molar-refractivity contribution in [2.24, 2.45) is 5.92 Å². The number of nitrogens with zero attached hydrogens (tertiary/aromatic N) is 3. The van der Waals surface area contributed by atoms with Crippen LogP contribution in [-0.2, 0) is 11.3 Å². The number of likely N-dealkylation sites (tertiary alicyclic amines) is 1. The highest BCUT2D eigenvalue weighted by atomic mass is 79.9. The summed E-state index contributed by atoms with van der Waals surface area (Å²) in [6.45, 7) is 2.47. The van der Waals surface area contributed by atoms with Crippen molar-refractivity contribution in [2.45, 2.75) is 19.4 Å². The Kier molecular flexibility index (Phi) is 6.98. The molecule has 1 fully saturated rings.